The lowest BCUT2D eigenvalue weighted by atomic mass is 10.2. The van der Waals surface area contributed by atoms with Crippen LogP contribution in [0.3, 0.4) is 0 Å². The number of sulfonamides is 1. The molecule has 7 heteroatoms. The third-order valence-electron chi connectivity index (χ3n) is 4.43. The van der Waals surface area contributed by atoms with Gasteiger partial charge in [0.05, 0.1) is 12.0 Å². The van der Waals surface area contributed by atoms with E-state index in [4.69, 9.17) is 4.74 Å². The molecular weight excluding hydrogens is 352 g/mol. The molecule has 0 saturated heterocycles. The third kappa shape index (κ3) is 4.42. The highest BCUT2D eigenvalue weighted by molar-refractivity contribution is 7.89. The Labute approximate surface area is 153 Å². The quantitative estimate of drug-likeness (QED) is 0.813. The minimum Gasteiger partial charge on any atom is -0.497 e. The lowest BCUT2D eigenvalue weighted by Gasteiger charge is -2.13. The highest BCUT2D eigenvalue weighted by atomic mass is 32.2. The zero-order chi connectivity index (χ0) is 18.6. The molecule has 0 atom stereocenters. The van der Waals surface area contributed by atoms with Crippen molar-refractivity contribution >= 4 is 21.6 Å². The van der Waals surface area contributed by atoms with Gasteiger partial charge in [-0.1, -0.05) is 18.9 Å². The van der Waals surface area contributed by atoms with Crippen molar-refractivity contribution in [1.29, 1.82) is 0 Å². The largest absolute Gasteiger partial charge is 0.497 e. The predicted molar refractivity (Wildman–Crippen MR) is 100.0 cm³/mol. The number of amides is 1. The lowest BCUT2D eigenvalue weighted by Crippen LogP contribution is -2.32. The van der Waals surface area contributed by atoms with E-state index in [1.54, 1.807) is 43.5 Å². The van der Waals surface area contributed by atoms with Crippen LogP contribution in [0.25, 0.3) is 0 Å². The van der Waals surface area contributed by atoms with Crippen LogP contribution >= 0.6 is 0 Å². The summed E-state index contributed by atoms with van der Waals surface area (Å²) in [5, 5.41) is 2.75. The van der Waals surface area contributed by atoms with Crippen molar-refractivity contribution in [2.45, 2.75) is 36.6 Å². The number of nitrogens with one attached hydrogen (secondary N) is 2. The van der Waals surface area contributed by atoms with E-state index in [-0.39, 0.29) is 22.4 Å². The van der Waals surface area contributed by atoms with E-state index in [1.807, 2.05) is 0 Å². The first kappa shape index (κ1) is 18.4. The molecule has 1 aliphatic carbocycles. The molecule has 0 spiro atoms. The molecule has 26 heavy (non-hydrogen) atoms. The predicted octanol–water partition coefficient (Wildman–Crippen LogP) is 3.17. The van der Waals surface area contributed by atoms with Gasteiger partial charge < -0.3 is 10.1 Å². The van der Waals surface area contributed by atoms with E-state index in [0.717, 1.165) is 25.7 Å². The maximum absolute atomic E-state index is 12.5. The molecule has 2 aromatic rings. The van der Waals surface area contributed by atoms with Crippen LogP contribution in [-0.4, -0.2) is 27.5 Å². The summed E-state index contributed by atoms with van der Waals surface area (Å²) in [6, 6.07) is 13.0. The summed E-state index contributed by atoms with van der Waals surface area (Å²) in [6.07, 6.45) is 3.79. The van der Waals surface area contributed by atoms with Gasteiger partial charge in [-0.3, -0.25) is 4.79 Å². The van der Waals surface area contributed by atoms with Gasteiger partial charge in [0, 0.05) is 17.3 Å². The first-order chi connectivity index (χ1) is 12.5. The normalized spacial score (nSPS) is 15.0. The Morgan fingerprint density at radius 3 is 2.42 bits per heavy atom. The fourth-order valence-corrected chi connectivity index (χ4v) is 4.36. The summed E-state index contributed by atoms with van der Waals surface area (Å²) < 4.78 is 32.9. The highest BCUT2D eigenvalue weighted by Gasteiger charge is 2.23. The number of rotatable bonds is 6. The van der Waals surface area contributed by atoms with Crippen LogP contribution in [0.1, 0.15) is 36.0 Å². The third-order valence-corrected chi connectivity index (χ3v) is 5.95. The fourth-order valence-electron chi connectivity index (χ4n) is 3.01. The maximum atomic E-state index is 12.5. The van der Waals surface area contributed by atoms with Crippen LogP contribution in [0, 0.1) is 0 Å². The number of carbonyl (C=O) groups is 1. The molecule has 0 radical (unpaired) electrons. The molecule has 2 aromatic carbocycles. The van der Waals surface area contributed by atoms with Crippen molar-refractivity contribution in [3.63, 3.8) is 0 Å². The van der Waals surface area contributed by atoms with Gasteiger partial charge in [-0.2, -0.15) is 0 Å². The van der Waals surface area contributed by atoms with E-state index in [1.165, 1.54) is 12.1 Å². The molecule has 0 aliphatic heterocycles. The first-order valence-electron chi connectivity index (χ1n) is 8.56. The van der Waals surface area contributed by atoms with E-state index in [0.29, 0.717) is 11.4 Å². The van der Waals surface area contributed by atoms with Gasteiger partial charge in [0.2, 0.25) is 10.0 Å². The summed E-state index contributed by atoms with van der Waals surface area (Å²) in [7, 11) is -2.06. The average molecular weight is 374 g/mol. The molecule has 0 aromatic heterocycles. The minimum absolute atomic E-state index is 0.0169. The van der Waals surface area contributed by atoms with E-state index in [9.17, 15) is 13.2 Å². The summed E-state index contributed by atoms with van der Waals surface area (Å²) in [6.45, 7) is 0. The molecule has 3 rings (SSSR count). The molecule has 6 nitrogen and oxygen atoms in total. The molecule has 0 heterocycles. The average Bonchev–Trinajstić information content (AvgIpc) is 3.15. The van der Waals surface area contributed by atoms with Crippen molar-refractivity contribution in [1.82, 2.24) is 4.72 Å². The fraction of sp³-hybridized carbons (Fsp3) is 0.316. The SMILES string of the molecule is COc1ccc(NC(=O)c2cccc(S(=O)(=O)NC3CCCC3)c2)cc1. The summed E-state index contributed by atoms with van der Waals surface area (Å²) in [5.41, 5.74) is 0.892. The van der Waals surface area contributed by atoms with E-state index >= 15 is 0 Å². The second kappa shape index (κ2) is 7.88. The Bertz CT molecular complexity index is 873. The number of hydrogen-bond acceptors (Lipinski definition) is 4. The number of ether oxygens (including phenoxy) is 1. The highest BCUT2D eigenvalue weighted by Crippen LogP contribution is 2.21. The van der Waals surface area contributed by atoms with Crippen molar-refractivity contribution in [3.8, 4) is 5.75 Å². The minimum atomic E-state index is -3.63. The van der Waals surface area contributed by atoms with E-state index in [2.05, 4.69) is 10.0 Å². The Hall–Kier alpha value is -2.38. The van der Waals surface area contributed by atoms with Crippen molar-refractivity contribution in [2.24, 2.45) is 0 Å². The number of benzene rings is 2. The van der Waals surface area contributed by atoms with Crippen LogP contribution in [0.2, 0.25) is 0 Å². The van der Waals surface area contributed by atoms with Gasteiger partial charge in [0.25, 0.3) is 5.91 Å². The monoisotopic (exact) mass is 374 g/mol. The Balaban J connectivity index is 1.74. The molecule has 1 fully saturated rings. The maximum Gasteiger partial charge on any atom is 0.255 e. The van der Waals surface area contributed by atoms with Gasteiger partial charge in [-0.05, 0) is 55.3 Å². The van der Waals surface area contributed by atoms with Crippen LogP contribution in [0.15, 0.2) is 53.4 Å². The van der Waals surface area contributed by atoms with Crippen LogP contribution in [0.4, 0.5) is 5.69 Å². The Kier molecular flexibility index (Phi) is 5.58. The lowest BCUT2D eigenvalue weighted by molar-refractivity contribution is 0.102. The smallest absolute Gasteiger partial charge is 0.255 e. The molecule has 0 unspecified atom stereocenters. The summed E-state index contributed by atoms with van der Waals surface area (Å²) in [5.74, 6) is 0.321. The molecule has 1 amide bonds. The second-order valence-electron chi connectivity index (χ2n) is 6.31. The van der Waals surface area contributed by atoms with Gasteiger partial charge >= 0.3 is 0 Å². The van der Waals surface area contributed by atoms with Crippen LogP contribution in [-0.2, 0) is 10.0 Å². The van der Waals surface area contributed by atoms with Crippen molar-refractivity contribution < 1.29 is 17.9 Å². The van der Waals surface area contributed by atoms with Crippen molar-refractivity contribution in [2.75, 3.05) is 12.4 Å². The van der Waals surface area contributed by atoms with Gasteiger partial charge in [-0.15, -0.1) is 0 Å². The zero-order valence-electron chi connectivity index (χ0n) is 14.6. The Morgan fingerprint density at radius 1 is 1.08 bits per heavy atom. The molecule has 2 N–H and O–H groups in total. The molecule has 0 bridgehead atoms. The summed E-state index contributed by atoms with van der Waals surface area (Å²) in [4.78, 5) is 12.5. The van der Waals surface area contributed by atoms with Gasteiger partial charge in [0.1, 0.15) is 5.75 Å². The standard InChI is InChI=1S/C19H22N2O4S/c1-25-17-11-9-15(10-12-17)20-19(22)14-5-4-8-18(13-14)26(23,24)21-16-6-2-3-7-16/h4-5,8-13,16,21H,2-3,6-7H2,1H3,(H,20,22). The number of methoxy groups -OCH3 is 1. The first-order valence-corrected chi connectivity index (χ1v) is 10.0. The van der Waals surface area contributed by atoms with Crippen LogP contribution in [0.5, 0.6) is 5.75 Å². The number of hydrogen-bond donors (Lipinski definition) is 2. The Morgan fingerprint density at radius 2 is 1.77 bits per heavy atom. The summed E-state index contributed by atoms with van der Waals surface area (Å²) >= 11 is 0. The van der Waals surface area contributed by atoms with Crippen LogP contribution < -0.4 is 14.8 Å². The number of carbonyl (C=O) groups excluding carboxylic acids is 1. The topological polar surface area (TPSA) is 84.5 Å². The molecular formula is C19H22N2O4S. The van der Waals surface area contributed by atoms with Gasteiger partial charge in [-0.25, -0.2) is 13.1 Å². The van der Waals surface area contributed by atoms with Gasteiger partial charge in [0.15, 0.2) is 0 Å². The van der Waals surface area contributed by atoms with E-state index < -0.39 is 10.0 Å². The zero-order valence-corrected chi connectivity index (χ0v) is 15.4. The number of anilines is 1. The molecule has 138 valence electrons. The second-order valence-corrected chi connectivity index (χ2v) is 8.03. The van der Waals surface area contributed by atoms with Crippen molar-refractivity contribution in [3.05, 3.63) is 54.1 Å². The molecule has 1 saturated carbocycles. The molecule has 1 aliphatic rings.